The minimum atomic E-state index is -0.956. The van der Waals surface area contributed by atoms with Gasteiger partial charge in [0.1, 0.15) is 0 Å². The molecule has 1 aromatic carbocycles. The first-order chi connectivity index (χ1) is 8.91. The molecule has 2 amide bonds. The van der Waals surface area contributed by atoms with E-state index in [-0.39, 0.29) is 5.91 Å². The van der Waals surface area contributed by atoms with Crippen molar-refractivity contribution in [1.82, 2.24) is 0 Å². The van der Waals surface area contributed by atoms with Crippen LogP contribution < -0.4 is 11.1 Å². The standard InChI is InChI=1S/C13H14N2O4/c1-6-7(11(14)16)3-2-4-10(6)15-12(17)8-5-9(8)13(18)19/h2-4,8-9H,5H2,1H3,(H2,14,16)(H,15,17)(H,18,19). The van der Waals surface area contributed by atoms with Crippen molar-refractivity contribution in [2.75, 3.05) is 5.32 Å². The summed E-state index contributed by atoms with van der Waals surface area (Å²) < 4.78 is 0. The Kier molecular flexibility index (Phi) is 3.25. The molecule has 4 N–H and O–H groups in total. The Balaban J connectivity index is 2.12. The molecule has 0 bridgehead atoms. The molecule has 1 fully saturated rings. The number of hydrogen-bond donors (Lipinski definition) is 3. The maximum Gasteiger partial charge on any atom is 0.307 e. The van der Waals surface area contributed by atoms with Gasteiger partial charge in [0, 0.05) is 11.3 Å². The highest BCUT2D eigenvalue weighted by atomic mass is 16.4. The van der Waals surface area contributed by atoms with Crippen LogP contribution in [0.2, 0.25) is 0 Å². The zero-order valence-electron chi connectivity index (χ0n) is 10.3. The number of carbonyl (C=O) groups excluding carboxylic acids is 2. The predicted octanol–water partition coefficient (Wildman–Crippen LogP) is 0.753. The van der Waals surface area contributed by atoms with E-state index in [9.17, 15) is 14.4 Å². The third kappa shape index (κ3) is 2.57. The van der Waals surface area contributed by atoms with Crippen LogP contribution in [-0.4, -0.2) is 22.9 Å². The van der Waals surface area contributed by atoms with E-state index in [1.165, 1.54) is 0 Å². The number of carbonyl (C=O) groups is 3. The summed E-state index contributed by atoms with van der Waals surface area (Å²) in [5, 5.41) is 11.4. The van der Waals surface area contributed by atoms with Crippen LogP contribution in [0.15, 0.2) is 18.2 Å². The number of hydrogen-bond acceptors (Lipinski definition) is 3. The molecule has 1 aromatic rings. The molecule has 2 atom stereocenters. The van der Waals surface area contributed by atoms with Crippen molar-refractivity contribution in [1.29, 1.82) is 0 Å². The van der Waals surface area contributed by atoms with Gasteiger partial charge in [-0.15, -0.1) is 0 Å². The summed E-state index contributed by atoms with van der Waals surface area (Å²) in [5.74, 6) is -2.95. The van der Waals surface area contributed by atoms with Gasteiger partial charge in [-0.1, -0.05) is 6.07 Å². The third-order valence-corrected chi connectivity index (χ3v) is 3.30. The van der Waals surface area contributed by atoms with Crippen molar-refractivity contribution in [3.63, 3.8) is 0 Å². The highest BCUT2D eigenvalue weighted by molar-refractivity contribution is 6.01. The van der Waals surface area contributed by atoms with E-state index in [1.54, 1.807) is 25.1 Å². The lowest BCUT2D eigenvalue weighted by Gasteiger charge is -2.10. The van der Waals surface area contributed by atoms with Gasteiger partial charge in [0.25, 0.3) is 0 Å². The molecular formula is C13H14N2O4. The van der Waals surface area contributed by atoms with Crippen molar-refractivity contribution in [2.24, 2.45) is 17.6 Å². The van der Waals surface area contributed by atoms with Crippen LogP contribution >= 0.6 is 0 Å². The van der Waals surface area contributed by atoms with Gasteiger partial charge in [0.2, 0.25) is 11.8 Å². The van der Waals surface area contributed by atoms with Crippen molar-refractivity contribution in [2.45, 2.75) is 13.3 Å². The lowest BCUT2D eigenvalue weighted by atomic mass is 10.1. The molecule has 1 aliphatic carbocycles. The normalized spacial score (nSPS) is 20.7. The van der Waals surface area contributed by atoms with E-state index >= 15 is 0 Å². The molecule has 1 saturated carbocycles. The Hall–Kier alpha value is -2.37. The molecule has 6 nitrogen and oxygen atoms in total. The van der Waals surface area contributed by atoms with Gasteiger partial charge in [-0.25, -0.2) is 0 Å². The minimum absolute atomic E-state index is 0.336. The van der Waals surface area contributed by atoms with Crippen LogP contribution in [0.25, 0.3) is 0 Å². The summed E-state index contributed by atoms with van der Waals surface area (Å²) in [6.45, 7) is 1.68. The highest BCUT2D eigenvalue weighted by Crippen LogP contribution is 2.39. The summed E-state index contributed by atoms with van der Waals surface area (Å²) in [7, 11) is 0. The first-order valence-corrected chi connectivity index (χ1v) is 5.85. The smallest absolute Gasteiger partial charge is 0.307 e. The van der Waals surface area contributed by atoms with Crippen molar-refractivity contribution in [3.05, 3.63) is 29.3 Å². The molecular weight excluding hydrogens is 248 g/mol. The number of anilines is 1. The van der Waals surface area contributed by atoms with E-state index in [2.05, 4.69) is 5.32 Å². The lowest BCUT2D eigenvalue weighted by Crippen LogP contribution is -2.19. The first kappa shape index (κ1) is 13.1. The predicted molar refractivity (Wildman–Crippen MR) is 67.6 cm³/mol. The van der Waals surface area contributed by atoms with Gasteiger partial charge in [-0.2, -0.15) is 0 Å². The fraction of sp³-hybridized carbons (Fsp3) is 0.308. The Morgan fingerprint density at radius 2 is 2.00 bits per heavy atom. The second-order valence-corrected chi connectivity index (χ2v) is 4.62. The highest BCUT2D eigenvalue weighted by Gasteiger charge is 2.48. The minimum Gasteiger partial charge on any atom is -0.481 e. The van der Waals surface area contributed by atoms with Gasteiger partial charge in [0.15, 0.2) is 0 Å². The Morgan fingerprint density at radius 3 is 2.53 bits per heavy atom. The number of carboxylic acids is 1. The quantitative estimate of drug-likeness (QED) is 0.743. The fourth-order valence-corrected chi connectivity index (χ4v) is 2.02. The zero-order valence-corrected chi connectivity index (χ0v) is 10.3. The number of amides is 2. The molecule has 100 valence electrons. The van der Waals surface area contributed by atoms with Crippen molar-refractivity contribution in [3.8, 4) is 0 Å². The summed E-state index contributed by atoms with van der Waals surface area (Å²) in [6.07, 6.45) is 0.357. The SMILES string of the molecule is Cc1c(NC(=O)C2CC2C(=O)O)cccc1C(N)=O. The number of aliphatic carboxylic acids is 1. The molecule has 0 spiro atoms. The number of carboxylic acid groups (broad SMARTS) is 1. The Morgan fingerprint density at radius 1 is 1.32 bits per heavy atom. The molecule has 2 rings (SSSR count). The Bertz CT molecular complexity index is 568. The van der Waals surface area contributed by atoms with Crippen LogP contribution in [0.1, 0.15) is 22.3 Å². The number of nitrogens with two attached hydrogens (primary N) is 1. The monoisotopic (exact) mass is 262 g/mol. The van der Waals surface area contributed by atoms with E-state index in [1.807, 2.05) is 0 Å². The average molecular weight is 262 g/mol. The number of benzene rings is 1. The summed E-state index contributed by atoms with van der Waals surface area (Å²) >= 11 is 0. The number of primary amides is 1. The largest absolute Gasteiger partial charge is 0.481 e. The van der Waals surface area contributed by atoms with E-state index in [4.69, 9.17) is 10.8 Å². The topological polar surface area (TPSA) is 109 Å². The molecule has 0 aliphatic heterocycles. The van der Waals surface area contributed by atoms with Crippen molar-refractivity contribution < 1.29 is 19.5 Å². The molecule has 19 heavy (non-hydrogen) atoms. The molecule has 0 radical (unpaired) electrons. The summed E-state index contributed by atoms with van der Waals surface area (Å²) in [6, 6.07) is 4.84. The molecule has 0 aromatic heterocycles. The number of nitrogens with one attached hydrogen (secondary N) is 1. The molecule has 0 saturated heterocycles. The molecule has 6 heteroatoms. The third-order valence-electron chi connectivity index (χ3n) is 3.30. The first-order valence-electron chi connectivity index (χ1n) is 5.85. The lowest BCUT2D eigenvalue weighted by molar-refractivity contribution is -0.139. The van der Waals surface area contributed by atoms with Gasteiger partial charge in [-0.05, 0) is 31.0 Å². The fourth-order valence-electron chi connectivity index (χ4n) is 2.02. The van der Waals surface area contributed by atoms with Crippen LogP contribution in [0, 0.1) is 18.8 Å². The summed E-state index contributed by atoms with van der Waals surface area (Å²) in [5.41, 5.74) is 6.62. The van der Waals surface area contributed by atoms with Crippen LogP contribution in [0.3, 0.4) is 0 Å². The van der Waals surface area contributed by atoms with Gasteiger partial charge >= 0.3 is 5.97 Å². The maximum atomic E-state index is 11.8. The molecule has 0 heterocycles. The van der Waals surface area contributed by atoms with Crippen LogP contribution in [0.4, 0.5) is 5.69 Å². The van der Waals surface area contributed by atoms with E-state index in [0.29, 0.717) is 23.2 Å². The van der Waals surface area contributed by atoms with Crippen LogP contribution in [0.5, 0.6) is 0 Å². The summed E-state index contributed by atoms with van der Waals surface area (Å²) in [4.78, 5) is 33.7. The van der Waals surface area contributed by atoms with Gasteiger partial charge < -0.3 is 16.2 Å². The average Bonchev–Trinajstić information content (AvgIpc) is 3.11. The number of rotatable bonds is 4. The Labute approximate surface area is 109 Å². The van der Waals surface area contributed by atoms with Crippen molar-refractivity contribution >= 4 is 23.5 Å². The van der Waals surface area contributed by atoms with E-state index < -0.39 is 23.7 Å². The maximum absolute atomic E-state index is 11.8. The van der Waals surface area contributed by atoms with Gasteiger partial charge in [-0.3, -0.25) is 14.4 Å². The van der Waals surface area contributed by atoms with Crippen LogP contribution in [-0.2, 0) is 9.59 Å². The molecule has 1 aliphatic rings. The van der Waals surface area contributed by atoms with E-state index in [0.717, 1.165) is 0 Å². The second-order valence-electron chi connectivity index (χ2n) is 4.62. The zero-order chi connectivity index (χ0) is 14.2. The van der Waals surface area contributed by atoms with Gasteiger partial charge in [0.05, 0.1) is 11.8 Å². The second kappa shape index (κ2) is 4.72. The molecule has 2 unspecified atom stereocenters.